The minimum atomic E-state index is -0.549. The first-order valence-electron chi connectivity index (χ1n) is 7.96. The van der Waals surface area contributed by atoms with Crippen molar-refractivity contribution in [3.63, 3.8) is 0 Å². The third kappa shape index (κ3) is 5.76. The molecule has 7 nitrogen and oxygen atoms in total. The number of carbonyl (C=O) groups is 1. The van der Waals surface area contributed by atoms with E-state index in [4.69, 9.17) is 4.74 Å². The molecule has 140 valence electrons. The fourth-order valence-corrected chi connectivity index (χ4v) is 3.44. The second-order valence-corrected chi connectivity index (χ2v) is 6.59. The van der Waals surface area contributed by atoms with E-state index in [-0.39, 0.29) is 23.7 Å². The van der Waals surface area contributed by atoms with Crippen LogP contribution in [0.25, 0.3) is 0 Å². The smallest absolute Gasteiger partial charge is 0.285 e. The molecule has 0 radical (unpaired) electrons. The Labute approximate surface area is 157 Å². The lowest BCUT2D eigenvalue weighted by Gasteiger charge is -2.22. The summed E-state index contributed by atoms with van der Waals surface area (Å²) in [5, 5.41) is 17.4. The van der Waals surface area contributed by atoms with E-state index < -0.39 is 10.8 Å². The van der Waals surface area contributed by atoms with Crippen molar-refractivity contribution in [2.45, 2.75) is 24.2 Å². The van der Waals surface area contributed by atoms with Crippen molar-refractivity contribution in [2.24, 2.45) is 5.92 Å². The number of piperidine rings is 1. The zero-order chi connectivity index (χ0) is 17.5. The van der Waals surface area contributed by atoms with Gasteiger partial charge in [0.1, 0.15) is 11.3 Å². The van der Waals surface area contributed by atoms with Gasteiger partial charge in [-0.1, -0.05) is 0 Å². The summed E-state index contributed by atoms with van der Waals surface area (Å²) >= 11 is 1.38. The van der Waals surface area contributed by atoms with E-state index in [1.807, 2.05) is 6.26 Å². The summed E-state index contributed by atoms with van der Waals surface area (Å²) < 4.78 is 5.16. The van der Waals surface area contributed by atoms with Gasteiger partial charge in [-0.05, 0) is 50.6 Å². The van der Waals surface area contributed by atoms with Crippen LogP contribution in [0.15, 0.2) is 17.0 Å². The van der Waals surface area contributed by atoms with E-state index in [0.29, 0.717) is 23.1 Å². The number of nitrogens with zero attached hydrogens (tertiary/aromatic N) is 1. The van der Waals surface area contributed by atoms with Crippen LogP contribution in [0, 0.1) is 16.0 Å². The molecule has 1 fully saturated rings. The lowest BCUT2D eigenvalue weighted by Crippen LogP contribution is -2.33. The van der Waals surface area contributed by atoms with Crippen LogP contribution in [-0.2, 0) is 0 Å². The number of hydrogen-bond acceptors (Lipinski definition) is 6. The van der Waals surface area contributed by atoms with Gasteiger partial charge in [-0.25, -0.2) is 0 Å². The van der Waals surface area contributed by atoms with Crippen molar-refractivity contribution in [2.75, 3.05) is 33.0 Å². The SMILES string of the molecule is COc1cc([N+](=O)[O-])c(C(=O)NCCC2CCCNC2)cc1SC.Cl. The second kappa shape index (κ2) is 10.5. The molecule has 0 aliphatic carbocycles. The van der Waals surface area contributed by atoms with E-state index >= 15 is 0 Å². The van der Waals surface area contributed by atoms with Crippen molar-refractivity contribution in [1.82, 2.24) is 10.6 Å². The average molecular weight is 390 g/mol. The van der Waals surface area contributed by atoms with Crippen LogP contribution in [0.2, 0.25) is 0 Å². The Balaban J connectivity index is 0.00000312. The lowest BCUT2D eigenvalue weighted by molar-refractivity contribution is -0.385. The maximum atomic E-state index is 12.4. The number of nitro groups is 1. The second-order valence-electron chi connectivity index (χ2n) is 5.74. The summed E-state index contributed by atoms with van der Waals surface area (Å²) in [6.45, 7) is 2.54. The van der Waals surface area contributed by atoms with E-state index in [2.05, 4.69) is 10.6 Å². The molecule has 1 amide bonds. The van der Waals surface area contributed by atoms with Crippen LogP contribution in [0.5, 0.6) is 5.75 Å². The van der Waals surface area contributed by atoms with Gasteiger partial charge in [-0.2, -0.15) is 0 Å². The van der Waals surface area contributed by atoms with E-state index in [9.17, 15) is 14.9 Å². The van der Waals surface area contributed by atoms with Gasteiger partial charge in [-0.3, -0.25) is 14.9 Å². The molecule has 9 heteroatoms. The summed E-state index contributed by atoms with van der Waals surface area (Å²) in [7, 11) is 1.46. The maximum Gasteiger partial charge on any atom is 0.285 e. The van der Waals surface area contributed by atoms with Gasteiger partial charge >= 0.3 is 0 Å². The van der Waals surface area contributed by atoms with Crippen LogP contribution in [0.1, 0.15) is 29.6 Å². The molecule has 1 aromatic rings. The number of benzene rings is 1. The Morgan fingerprint density at radius 2 is 2.28 bits per heavy atom. The topological polar surface area (TPSA) is 93.5 Å². The number of halogens is 1. The van der Waals surface area contributed by atoms with Gasteiger partial charge in [0.15, 0.2) is 0 Å². The van der Waals surface area contributed by atoms with Crippen LogP contribution >= 0.6 is 24.2 Å². The van der Waals surface area contributed by atoms with Gasteiger partial charge in [-0.15, -0.1) is 24.2 Å². The Hall–Kier alpha value is -1.51. The number of hydrogen-bond donors (Lipinski definition) is 2. The number of thioether (sulfide) groups is 1. The highest BCUT2D eigenvalue weighted by Crippen LogP contribution is 2.34. The highest BCUT2D eigenvalue weighted by molar-refractivity contribution is 7.98. The Kier molecular flexibility index (Phi) is 9.02. The molecule has 1 aliphatic heterocycles. The molecular weight excluding hydrogens is 366 g/mol. The zero-order valence-electron chi connectivity index (χ0n) is 14.4. The molecule has 1 atom stereocenters. The van der Waals surface area contributed by atoms with Gasteiger partial charge in [0.25, 0.3) is 11.6 Å². The first-order chi connectivity index (χ1) is 11.6. The van der Waals surface area contributed by atoms with Crippen LogP contribution < -0.4 is 15.4 Å². The molecule has 1 unspecified atom stereocenters. The minimum absolute atomic E-state index is 0. The predicted molar refractivity (Wildman–Crippen MR) is 101 cm³/mol. The van der Waals surface area contributed by atoms with E-state index in [0.717, 1.165) is 32.4 Å². The molecule has 0 bridgehead atoms. The minimum Gasteiger partial charge on any atom is -0.495 e. The highest BCUT2D eigenvalue weighted by Gasteiger charge is 2.24. The van der Waals surface area contributed by atoms with Crippen molar-refractivity contribution in [1.29, 1.82) is 0 Å². The zero-order valence-corrected chi connectivity index (χ0v) is 16.0. The van der Waals surface area contributed by atoms with Crippen molar-refractivity contribution >= 4 is 35.8 Å². The Morgan fingerprint density at radius 3 is 2.84 bits per heavy atom. The third-order valence-electron chi connectivity index (χ3n) is 4.18. The quantitative estimate of drug-likeness (QED) is 0.423. The van der Waals surface area contributed by atoms with E-state index in [1.165, 1.54) is 31.0 Å². The molecule has 1 aliphatic rings. The van der Waals surface area contributed by atoms with Crippen molar-refractivity contribution in [3.8, 4) is 5.75 Å². The van der Waals surface area contributed by atoms with Crippen molar-refractivity contribution in [3.05, 3.63) is 27.8 Å². The van der Waals surface area contributed by atoms with Gasteiger partial charge in [0.05, 0.1) is 23.0 Å². The molecule has 1 aromatic carbocycles. The Bertz CT molecular complexity index is 609. The number of rotatable bonds is 7. The number of ether oxygens (including phenoxy) is 1. The first-order valence-corrected chi connectivity index (χ1v) is 9.18. The summed E-state index contributed by atoms with van der Waals surface area (Å²) in [4.78, 5) is 23.8. The molecule has 0 spiro atoms. The summed E-state index contributed by atoms with van der Waals surface area (Å²) in [6, 6.07) is 2.84. The van der Waals surface area contributed by atoms with Crippen LogP contribution in [-0.4, -0.2) is 43.8 Å². The molecule has 0 saturated carbocycles. The molecular formula is C16H24ClN3O4S. The monoisotopic (exact) mass is 389 g/mol. The maximum absolute atomic E-state index is 12.4. The van der Waals surface area contributed by atoms with Crippen LogP contribution in [0.3, 0.4) is 0 Å². The predicted octanol–water partition coefficient (Wildman–Crippen LogP) is 2.87. The highest BCUT2D eigenvalue weighted by atomic mass is 35.5. The van der Waals surface area contributed by atoms with Crippen molar-refractivity contribution < 1.29 is 14.5 Å². The standard InChI is InChI=1S/C16H23N3O4S.ClH/c1-23-14-9-13(19(21)22)12(8-15(14)24-2)16(20)18-7-5-11-4-3-6-17-10-11;/h8-9,11,17H,3-7,10H2,1-2H3,(H,18,20);1H. The van der Waals surface area contributed by atoms with Gasteiger partial charge in [0.2, 0.25) is 0 Å². The largest absolute Gasteiger partial charge is 0.495 e. The lowest BCUT2D eigenvalue weighted by atomic mass is 9.96. The van der Waals surface area contributed by atoms with Crippen LogP contribution in [0.4, 0.5) is 5.69 Å². The number of nitro benzene ring substituents is 1. The summed E-state index contributed by atoms with van der Waals surface area (Å²) in [5.74, 6) is 0.536. The first kappa shape index (κ1) is 21.5. The molecule has 2 rings (SSSR count). The number of amides is 1. The Morgan fingerprint density at radius 1 is 1.52 bits per heavy atom. The number of carbonyl (C=O) groups excluding carboxylic acids is 1. The molecule has 25 heavy (non-hydrogen) atoms. The van der Waals surface area contributed by atoms with E-state index in [1.54, 1.807) is 0 Å². The van der Waals surface area contributed by atoms with Gasteiger partial charge < -0.3 is 15.4 Å². The molecule has 0 aromatic heterocycles. The average Bonchev–Trinajstić information content (AvgIpc) is 2.61. The van der Waals surface area contributed by atoms with Gasteiger partial charge in [0, 0.05) is 6.54 Å². The molecule has 1 saturated heterocycles. The third-order valence-corrected chi connectivity index (χ3v) is 4.94. The fraction of sp³-hybridized carbons (Fsp3) is 0.562. The summed E-state index contributed by atoms with van der Waals surface area (Å²) in [5.41, 5.74) is -0.159. The number of methoxy groups -OCH3 is 1. The summed E-state index contributed by atoms with van der Waals surface area (Å²) in [6.07, 6.45) is 5.02. The fourth-order valence-electron chi connectivity index (χ4n) is 2.86. The normalized spacial score (nSPS) is 16.6. The molecule has 2 N–H and O–H groups in total. The number of nitrogens with one attached hydrogen (secondary N) is 2. The molecule has 1 heterocycles.